The van der Waals surface area contributed by atoms with Crippen molar-refractivity contribution < 1.29 is 9.21 Å². The molecule has 0 saturated heterocycles. The molecule has 0 saturated carbocycles. The molecule has 5 nitrogen and oxygen atoms in total. The van der Waals surface area contributed by atoms with Crippen LogP contribution >= 0.6 is 46.3 Å². The largest absolute Gasteiger partial charge is 0.431 e. The molecule has 2 heterocycles. The van der Waals surface area contributed by atoms with Crippen LogP contribution in [0, 0.1) is 0 Å². The van der Waals surface area contributed by atoms with Crippen LogP contribution < -0.4 is 5.32 Å². The molecule has 0 fully saturated rings. The number of carbonyl (C=O) groups excluding carboxylic acids is 1. The van der Waals surface area contributed by atoms with E-state index in [-0.39, 0.29) is 11.7 Å². The summed E-state index contributed by atoms with van der Waals surface area (Å²) in [5.74, 6) is -0.0209. The minimum Gasteiger partial charge on any atom is -0.431 e. The fraction of sp³-hybridized carbons (Fsp3) is 0.0625. The highest BCUT2D eigenvalue weighted by atomic mass is 35.5. The van der Waals surface area contributed by atoms with Crippen LogP contribution in [0.2, 0.25) is 10.0 Å². The summed E-state index contributed by atoms with van der Waals surface area (Å²) in [4.78, 5) is 20.8. The first-order chi connectivity index (χ1) is 12.1. The van der Waals surface area contributed by atoms with Crippen LogP contribution in [0.5, 0.6) is 0 Å². The van der Waals surface area contributed by atoms with Crippen molar-refractivity contribution in [2.45, 2.75) is 5.22 Å². The highest BCUT2D eigenvalue weighted by Gasteiger charge is 2.12. The zero-order valence-corrected chi connectivity index (χ0v) is 15.6. The standard InChI is InChI=1S/C16H9Cl2N3O2S2/c17-8-1-3-12-10(5-8)20-16(23-12)24-7-14(22)21-15-19-11-6-9(18)2-4-13(11)25-15/h1-6H,7H2,(H,19,21,22). The third kappa shape index (κ3) is 3.74. The van der Waals surface area contributed by atoms with E-state index in [9.17, 15) is 4.79 Å². The molecule has 4 rings (SSSR count). The lowest BCUT2D eigenvalue weighted by Crippen LogP contribution is -2.13. The van der Waals surface area contributed by atoms with Gasteiger partial charge in [0.25, 0.3) is 5.22 Å². The lowest BCUT2D eigenvalue weighted by atomic mass is 10.3. The van der Waals surface area contributed by atoms with Gasteiger partial charge < -0.3 is 9.73 Å². The third-order valence-corrected chi connectivity index (χ3v) is 5.50. The fourth-order valence-corrected chi connectivity index (χ4v) is 4.01. The minimum atomic E-state index is -0.185. The molecule has 0 bridgehead atoms. The molecule has 0 aliphatic carbocycles. The molecule has 0 aliphatic rings. The summed E-state index contributed by atoms with van der Waals surface area (Å²) in [7, 11) is 0. The smallest absolute Gasteiger partial charge is 0.257 e. The summed E-state index contributed by atoms with van der Waals surface area (Å²) < 4.78 is 6.53. The van der Waals surface area contributed by atoms with Gasteiger partial charge in [0.2, 0.25) is 5.91 Å². The zero-order valence-electron chi connectivity index (χ0n) is 12.5. The van der Waals surface area contributed by atoms with E-state index in [2.05, 4.69) is 15.3 Å². The first-order valence-corrected chi connectivity index (χ1v) is 9.67. The molecule has 4 aromatic rings. The number of hydrogen-bond donors (Lipinski definition) is 1. The van der Waals surface area contributed by atoms with Gasteiger partial charge in [0, 0.05) is 10.0 Å². The predicted octanol–water partition coefficient (Wildman–Crippen LogP) is 5.48. The van der Waals surface area contributed by atoms with Crippen molar-refractivity contribution in [3.63, 3.8) is 0 Å². The summed E-state index contributed by atoms with van der Waals surface area (Å²) in [6, 6.07) is 10.6. The van der Waals surface area contributed by atoms with Gasteiger partial charge >= 0.3 is 0 Å². The summed E-state index contributed by atoms with van der Waals surface area (Å²) in [6.45, 7) is 0. The maximum absolute atomic E-state index is 12.1. The Kier molecular flexibility index (Phi) is 4.56. The topological polar surface area (TPSA) is 68.0 Å². The number of benzene rings is 2. The number of anilines is 1. The maximum atomic E-state index is 12.1. The van der Waals surface area contributed by atoms with E-state index in [0.29, 0.717) is 31.5 Å². The van der Waals surface area contributed by atoms with Crippen LogP contribution in [-0.4, -0.2) is 21.6 Å². The van der Waals surface area contributed by atoms with E-state index < -0.39 is 0 Å². The van der Waals surface area contributed by atoms with Crippen LogP contribution in [0.1, 0.15) is 0 Å². The third-order valence-electron chi connectivity index (χ3n) is 3.25. The molecule has 0 radical (unpaired) electrons. The molecule has 1 amide bonds. The van der Waals surface area contributed by atoms with Crippen molar-refractivity contribution in [1.82, 2.24) is 9.97 Å². The predicted molar refractivity (Wildman–Crippen MR) is 103 cm³/mol. The number of rotatable bonds is 4. The number of carbonyl (C=O) groups is 1. The van der Waals surface area contributed by atoms with Gasteiger partial charge in [-0.05, 0) is 36.4 Å². The Morgan fingerprint density at radius 3 is 2.72 bits per heavy atom. The van der Waals surface area contributed by atoms with Gasteiger partial charge in [0.1, 0.15) is 5.52 Å². The van der Waals surface area contributed by atoms with Gasteiger partial charge in [-0.3, -0.25) is 4.79 Å². The second kappa shape index (κ2) is 6.84. The van der Waals surface area contributed by atoms with E-state index in [0.717, 1.165) is 10.2 Å². The molecule has 0 spiro atoms. The molecule has 0 aliphatic heterocycles. The molecular formula is C16H9Cl2N3O2S2. The van der Waals surface area contributed by atoms with Crippen molar-refractivity contribution in [3.8, 4) is 0 Å². The van der Waals surface area contributed by atoms with Crippen LogP contribution in [0.25, 0.3) is 21.3 Å². The molecule has 9 heteroatoms. The summed E-state index contributed by atoms with van der Waals surface area (Å²) >= 11 is 14.5. The summed E-state index contributed by atoms with van der Waals surface area (Å²) in [6.07, 6.45) is 0. The number of thiazole rings is 1. The minimum absolute atomic E-state index is 0.164. The van der Waals surface area contributed by atoms with Crippen LogP contribution in [0.3, 0.4) is 0 Å². The molecular weight excluding hydrogens is 401 g/mol. The van der Waals surface area contributed by atoms with Crippen molar-refractivity contribution in [3.05, 3.63) is 46.4 Å². The van der Waals surface area contributed by atoms with Gasteiger partial charge in [-0.25, -0.2) is 9.97 Å². The summed E-state index contributed by atoms with van der Waals surface area (Å²) in [5.41, 5.74) is 2.06. The first kappa shape index (κ1) is 16.7. The average Bonchev–Trinajstić information content (AvgIpc) is 3.14. The highest BCUT2D eigenvalue weighted by molar-refractivity contribution is 7.99. The number of halogens is 2. The normalized spacial score (nSPS) is 11.3. The maximum Gasteiger partial charge on any atom is 0.257 e. The van der Waals surface area contributed by atoms with Gasteiger partial charge in [0.05, 0.1) is 16.0 Å². The van der Waals surface area contributed by atoms with E-state index in [1.54, 1.807) is 30.3 Å². The second-order valence-electron chi connectivity index (χ2n) is 5.06. The van der Waals surface area contributed by atoms with Crippen molar-refractivity contribution in [2.75, 3.05) is 11.1 Å². The fourth-order valence-electron chi connectivity index (χ4n) is 2.18. The van der Waals surface area contributed by atoms with Crippen LogP contribution in [-0.2, 0) is 4.79 Å². The van der Waals surface area contributed by atoms with Gasteiger partial charge in [0.15, 0.2) is 10.7 Å². The second-order valence-corrected chi connectivity index (χ2v) is 7.89. The van der Waals surface area contributed by atoms with Crippen molar-refractivity contribution >= 4 is 78.7 Å². The quantitative estimate of drug-likeness (QED) is 0.452. The van der Waals surface area contributed by atoms with E-state index in [1.165, 1.54) is 23.1 Å². The first-order valence-electron chi connectivity index (χ1n) is 7.12. The molecule has 2 aromatic carbocycles. The molecule has 1 N–H and O–H groups in total. The zero-order chi connectivity index (χ0) is 17.4. The number of aromatic nitrogens is 2. The molecule has 0 atom stereocenters. The number of nitrogens with one attached hydrogen (secondary N) is 1. The van der Waals surface area contributed by atoms with E-state index in [4.69, 9.17) is 27.6 Å². The number of oxazole rings is 1. The molecule has 0 unspecified atom stereocenters. The van der Waals surface area contributed by atoms with Crippen molar-refractivity contribution in [2.24, 2.45) is 0 Å². The van der Waals surface area contributed by atoms with E-state index >= 15 is 0 Å². The Hall–Kier alpha value is -1.80. The molecule has 2 aromatic heterocycles. The van der Waals surface area contributed by atoms with Gasteiger partial charge in [-0.1, -0.05) is 46.3 Å². The monoisotopic (exact) mass is 409 g/mol. The average molecular weight is 410 g/mol. The Morgan fingerprint density at radius 2 is 1.88 bits per heavy atom. The van der Waals surface area contributed by atoms with Crippen LogP contribution in [0.4, 0.5) is 5.13 Å². The number of hydrogen-bond acceptors (Lipinski definition) is 6. The highest BCUT2D eigenvalue weighted by Crippen LogP contribution is 2.29. The number of nitrogens with zero attached hydrogens (tertiary/aromatic N) is 2. The number of amides is 1. The Labute approximate surface area is 160 Å². The van der Waals surface area contributed by atoms with Crippen LogP contribution in [0.15, 0.2) is 46.0 Å². The SMILES string of the molecule is O=C(CSc1nc2cc(Cl)ccc2o1)Nc1nc2cc(Cl)ccc2s1. The lowest BCUT2D eigenvalue weighted by Gasteiger charge is -1.98. The van der Waals surface area contributed by atoms with Crippen molar-refractivity contribution in [1.29, 1.82) is 0 Å². The van der Waals surface area contributed by atoms with E-state index in [1.807, 2.05) is 6.07 Å². The number of fused-ring (bicyclic) bond motifs is 2. The Bertz CT molecular complexity index is 1090. The Morgan fingerprint density at radius 1 is 1.12 bits per heavy atom. The van der Waals surface area contributed by atoms with Gasteiger partial charge in [-0.15, -0.1) is 0 Å². The molecule has 126 valence electrons. The van der Waals surface area contributed by atoms with Gasteiger partial charge in [-0.2, -0.15) is 0 Å². The lowest BCUT2D eigenvalue weighted by molar-refractivity contribution is -0.113. The number of thioether (sulfide) groups is 1. The summed E-state index contributed by atoms with van der Waals surface area (Å²) in [5, 5.41) is 4.93. The Balaban J connectivity index is 1.42. The molecule has 25 heavy (non-hydrogen) atoms.